The fourth-order valence-electron chi connectivity index (χ4n) is 2.67. The molecular weight excluding hydrogens is 296 g/mol. The fourth-order valence-corrected chi connectivity index (χ4v) is 2.67. The van der Waals surface area contributed by atoms with Crippen molar-refractivity contribution < 1.29 is 19.2 Å². The van der Waals surface area contributed by atoms with E-state index in [1.54, 1.807) is 11.8 Å². The van der Waals surface area contributed by atoms with E-state index in [-0.39, 0.29) is 19.1 Å². The first-order valence-corrected chi connectivity index (χ1v) is 7.59. The van der Waals surface area contributed by atoms with Gasteiger partial charge in [-0.1, -0.05) is 22.9 Å². The summed E-state index contributed by atoms with van der Waals surface area (Å²) in [6.45, 7) is 4.60. The third-order valence-electron chi connectivity index (χ3n) is 4.13. The molecule has 2 aromatic rings. The maximum absolute atomic E-state index is 12.4. The molecule has 1 aliphatic heterocycles. The summed E-state index contributed by atoms with van der Waals surface area (Å²) in [6.07, 6.45) is 1.83. The van der Waals surface area contributed by atoms with Crippen molar-refractivity contribution in [1.29, 1.82) is 0 Å². The average Bonchev–Trinajstić information content (AvgIpc) is 3.13. The number of benzene rings is 1. The molecule has 0 spiro atoms. The summed E-state index contributed by atoms with van der Waals surface area (Å²) >= 11 is 0. The number of carbonyl (C=O) groups excluding carboxylic acids is 1. The first-order valence-electron chi connectivity index (χ1n) is 7.59. The van der Waals surface area contributed by atoms with E-state index in [1.807, 2.05) is 31.2 Å². The molecule has 0 unspecified atom stereocenters. The minimum absolute atomic E-state index is 0.155. The summed E-state index contributed by atoms with van der Waals surface area (Å²) in [5, 5.41) is 14.4. The summed E-state index contributed by atoms with van der Waals surface area (Å²) in [4.78, 5) is 14.0. The Labute approximate surface area is 134 Å². The van der Waals surface area contributed by atoms with Gasteiger partial charge in [-0.05, 0) is 32.4 Å². The molecule has 3 rings (SSSR count). The summed E-state index contributed by atoms with van der Waals surface area (Å²) in [6, 6.07) is 7.66. The SMILES string of the molecule is Cc1ccc(OC[C@@]2(O)CCN(C(=O)c3conc3C)C2)cc1. The normalized spacial score (nSPS) is 20.7. The zero-order valence-corrected chi connectivity index (χ0v) is 13.3. The van der Waals surface area contributed by atoms with Crippen LogP contribution in [0.3, 0.4) is 0 Å². The number of hydrogen-bond donors (Lipinski definition) is 1. The second kappa shape index (κ2) is 6.04. The Morgan fingerprint density at radius 3 is 2.78 bits per heavy atom. The molecule has 1 amide bonds. The molecule has 6 heteroatoms. The number of aromatic nitrogens is 1. The maximum atomic E-state index is 12.4. The van der Waals surface area contributed by atoms with Crippen LogP contribution in [-0.2, 0) is 0 Å². The molecule has 0 saturated carbocycles. The van der Waals surface area contributed by atoms with Crippen LogP contribution in [0.2, 0.25) is 0 Å². The molecule has 1 aromatic heterocycles. The van der Waals surface area contributed by atoms with Crippen LogP contribution in [0.1, 0.15) is 28.0 Å². The number of aryl methyl sites for hydroxylation is 2. The fraction of sp³-hybridized carbons (Fsp3) is 0.412. The number of likely N-dealkylation sites (tertiary alicyclic amines) is 1. The van der Waals surface area contributed by atoms with Crippen LogP contribution in [0.4, 0.5) is 0 Å². The van der Waals surface area contributed by atoms with Crippen LogP contribution in [-0.4, -0.2) is 46.4 Å². The number of ether oxygens (including phenoxy) is 1. The van der Waals surface area contributed by atoms with Crippen molar-refractivity contribution >= 4 is 5.91 Å². The van der Waals surface area contributed by atoms with Gasteiger partial charge in [-0.3, -0.25) is 4.79 Å². The van der Waals surface area contributed by atoms with Gasteiger partial charge in [-0.2, -0.15) is 0 Å². The molecule has 23 heavy (non-hydrogen) atoms. The Morgan fingerprint density at radius 1 is 1.39 bits per heavy atom. The lowest BCUT2D eigenvalue weighted by Gasteiger charge is -2.23. The highest BCUT2D eigenvalue weighted by atomic mass is 16.5. The molecule has 1 saturated heterocycles. The van der Waals surface area contributed by atoms with Gasteiger partial charge in [0.25, 0.3) is 5.91 Å². The topological polar surface area (TPSA) is 75.8 Å². The highest BCUT2D eigenvalue weighted by Gasteiger charge is 2.39. The number of rotatable bonds is 4. The number of hydrogen-bond acceptors (Lipinski definition) is 5. The third kappa shape index (κ3) is 3.37. The molecule has 0 aliphatic carbocycles. The predicted octanol–water partition coefficient (Wildman–Crippen LogP) is 1.95. The lowest BCUT2D eigenvalue weighted by atomic mass is 10.1. The van der Waals surface area contributed by atoms with Gasteiger partial charge in [0.15, 0.2) is 0 Å². The quantitative estimate of drug-likeness (QED) is 0.933. The summed E-state index contributed by atoms with van der Waals surface area (Å²) < 4.78 is 10.5. The molecule has 2 heterocycles. The first kappa shape index (κ1) is 15.6. The Hall–Kier alpha value is -2.34. The largest absolute Gasteiger partial charge is 0.491 e. The van der Waals surface area contributed by atoms with Crippen molar-refractivity contribution in [2.75, 3.05) is 19.7 Å². The number of nitrogens with zero attached hydrogens (tertiary/aromatic N) is 2. The second-order valence-electron chi connectivity index (χ2n) is 6.12. The van der Waals surface area contributed by atoms with Crippen LogP contribution < -0.4 is 4.74 Å². The van der Waals surface area contributed by atoms with Crippen molar-refractivity contribution in [2.45, 2.75) is 25.9 Å². The summed E-state index contributed by atoms with van der Waals surface area (Å²) in [7, 11) is 0. The van der Waals surface area contributed by atoms with Gasteiger partial charge in [0.2, 0.25) is 0 Å². The summed E-state index contributed by atoms with van der Waals surface area (Å²) in [5.74, 6) is 0.540. The maximum Gasteiger partial charge on any atom is 0.259 e. The van der Waals surface area contributed by atoms with Crippen LogP contribution >= 0.6 is 0 Å². The first-order chi connectivity index (χ1) is 11.0. The Morgan fingerprint density at radius 2 is 2.13 bits per heavy atom. The average molecular weight is 316 g/mol. The van der Waals surface area contributed by atoms with Gasteiger partial charge in [0.05, 0.1) is 12.2 Å². The van der Waals surface area contributed by atoms with Crippen LogP contribution in [0.25, 0.3) is 0 Å². The third-order valence-corrected chi connectivity index (χ3v) is 4.13. The van der Waals surface area contributed by atoms with Crippen molar-refractivity contribution in [2.24, 2.45) is 0 Å². The van der Waals surface area contributed by atoms with Crippen LogP contribution in [0.5, 0.6) is 5.75 Å². The van der Waals surface area contributed by atoms with Crippen molar-refractivity contribution in [3.8, 4) is 5.75 Å². The molecule has 1 N–H and O–H groups in total. The van der Waals surface area contributed by atoms with Gasteiger partial charge in [-0.15, -0.1) is 0 Å². The minimum Gasteiger partial charge on any atom is -0.491 e. The molecule has 0 bridgehead atoms. The van der Waals surface area contributed by atoms with Crippen LogP contribution in [0.15, 0.2) is 35.1 Å². The molecule has 1 aliphatic rings. The Bertz CT molecular complexity index is 695. The lowest BCUT2D eigenvalue weighted by Crippen LogP contribution is -2.40. The van der Waals surface area contributed by atoms with E-state index in [1.165, 1.54) is 6.26 Å². The Kier molecular flexibility index (Phi) is 4.09. The lowest BCUT2D eigenvalue weighted by molar-refractivity contribution is 0.00429. The number of β-amino-alcohol motifs (C(OH)–C–C–N with tert-alkyl or cyclic N) is 1. The molecule has 0 radical (unpaired) electrons. The molecular formula is C17H20N2O4. The van der Waals surface area contributed by atoms with E-state index < -0.39 is 5.60 Å². The van der Waals surface area contributed by atoms with E-state index in [0.29, 0.717) is 30.0 Å². The van der Waals surface area contributed by atoms with Gasteiger partial charge in [-0.25, -0.2) is 0 Å². The van der Waals surface area contributed by atoms with E-state index in [2.05, 4.69) is 5.16 Å². The van der Waals surface area contributed by atoms with Gasteiger partial charge < -0.3 is 19.3 Å². The zero-order valence-electron chi connectivity index (χ0n) is 13.3. The number of amides is 1. The molecule has 6 nitrogen and oxygen atoms in total. The highest BCUT2D eigenvalue weighted by molar-refractivity contribution is 5.95. The summed E-state index contributed by atoms with van der Waals surface area (Å²) in [5.41, 5.74) is 1.11. The van der Waals surface area contributed by atoms with Crippen molar-refractivity contribution in [3.05, 3.63) is 47.3 Å². The number of carbonyl (C=O) groups is 1. The van der Waals surface area contributed by atoms with E-state index >= 15 is 0 Å². The van der Waals surface area contributed by atoms with Gasteiger partial charge in [0.1, 0.15) is 29.8 Å². The highest BCUT2D eigenvalue weighted by Crippen LogP contribution is 2.25. The van der Waals surface area contributed by atoms with Crippen LogP contribution in [0, 0.1) is 13.8 Å². The van der Waals surface area contributed by atoms with Crippen molar-refractivity contribution in [3.63, 3.8) is 0 Å². The smallest absolute Gasteiger partial charge is 0.259 e. The molecule has 1 atom stereocenters. The molecule has 122 valence electrons. The predicted molar refractivity (Wildman–Crippen MR) is 83.4 cm³/mol. The van der Waals surface area contributed by atoms with Gasteiger partial charge in [0, 0.05) is 6.54 Å². The van der Waals surface area contributed by atoms with Gasteiger partial charge >= 0.3 is 0 Å². The van der Waals surface area contributed by atoms with E-state index in [9.17, 15) is 9.90 Å². The zero-order chi connectivity index (χ0) is 16.4. The monoisotopic (exact) mass is 316 g/mol. The molecule has 1 fully saturated rings. The van der Waals surface area contributed by atoms with E-state index in [0.717, 1.165) is 5.56 Å². The molecule has 1 aromatic carbocycles. The standard InChI is InChI=1S/C17H20N2O4/c1-12-3-5-14(6-4-12)22-11-17(21)7-8-19(10-17)16(20)15-9-23-18-13(15)2/h3-6,9,21H,7-8,10-11H2,1-2H3/t17-/m1/s1. The minimum atomic E-state index is -1.04. The Balaban J connectivity index is 1.60. The van der Waals surface area contributed by atoms with Crippen molar-refractivity contribution in [1.82, 2.24) is 10.1 Å². The number of aliphatic hydroxyl groups is 1. The second-order valence-corrected chi connectivity index (χ2v) is 6.12. The van der Waals surface area contributed by atoms with E-state index in [4.69, 9.17) is 9.26 Å².